The van der Waals surface area contributed by atoms with Gasteiger partial charge in [0.1, 0.15) is 5.03 Å². The standard InChI is InChI=1S/C21H24FN7S/c1-12(2)15-11-24-29-19(15)26-21(30-13-7-9-23-10-8-13)17(22)20(29)25-18-14-5-3-4-6-16(14)27-28-18/h3-6,11-13,23H,7-10H2,1-2H3,(H2,25,27,28). The minimum Gasteiger partial charge on any atom is -0.320 e. The molecule has 0 bridgehead atoms. The molecule has 0 amide bonds. The normalized spacial score (nSPS) is 15.5. The summed E-state index contributed by atoms with van der Waals surface area (Å²) in [4.78, 5) is 4.70. The number of rotatable bonds is 5. The highest BCUT2D eigenvalue weighted by molar-refractivity contribution is 7.99. The summed E-state index contributed by atoms with van der Waals surface area (Å²) >= 11 is 1.52. The molecule has 1 aromatic carbocycles. The van der Waals surface area contributed by atoms with E-state index in [1.165, 1.54) is 11.8 Å². The van der Waals surface area contributed by atoms with Crippen LogP contribution in [0, 0.1) is 5.82 Å². The van der Waals surface area contributed by atoms with Gasteiger partial charge in [-0.25, -0.2) is 4.98 Å². The highest BCUT2D eigenvalue weighted by Gasteiger charge is 2.24. The van der Waals surface area contributed by atoms with E-state index in [2.05, 4.69) is 39.8 Å². The molecule has 4 aromatic rings. The zero-order valence-corrected chi connectivity index (χ0v) is 17.8. The summed E-state index contributed by atoms with van der Waals surface area (Å²) in [6.45, 7) is 6.09. The number of benzene rings is 1. The van der Waals surface area contributed by atoms with Crippen LogP contribution in [0.2, 0.25) is 0 Å². The van der Waals surface area contributed by atoms with Crippen LogP contribution in [0.25, 0.3) is 16.6 Å². The Bertz CT molecular complexity index is 1190. The molecule has 0 unspecified atom stereocenters. The van der Waals surface area contributed by atoms with E-state index in [4.69, 9.17) is 4.98 Å². The quantitative estimate of drug-likeness (QED) is 0.410. The molecule has 1 saturated heterocycles. The lowest BCUT2D eigenvalue weighted by atomic mass is 10.1. The molecule has 1 aliphatic heterocycles. The van der Waals surface area contributed by atoms with Crippen LogP contribution in [-0.2, 0) is 0 Å². The number of aromatic amines is 1. The van der Waals surface area contributed by atoms with E-state index >= 15 is 4.39 Å². The van der Waals surface area contributed by atoms with Crippen LogP contribution in [0.3, 0.4) is 0 Å². The fraction of sp³-hybridized carbons (Fsp3) is 0.381. The molecule has 30 heavy (non-hydrogen) atoms. The summed E-state index contributed by atoms with van der Waals surface area (Å²) in [7, 11) is 0. The molecule has 1 fully saturated rings. The number of nitrogens with zero attached hydrogens (tertiary/aromatic N) is 4. The number of halogens is 1. The number of hydrogen-bond acceptors (Lipinski definition) is 6. The lowest BCUT2D eigenvalue weighted by Gasteiger charge is -2.22. The van der Waals surface area contributed by atoms with Gasteiger partial charge in [-0.15, -0.1) is 0 Å². The molecule has 9 heteroatoms. The summed E-state index contributed by atoms with van der Waals surface area (Å²) in [5.41, 5.74) is 2.57. The first-order chi connectivity index (χ1) is 14.6. The van der Waals surface area contributed by atoms with E-state index in [1.807, 2.05) is 24.3 Å². The number of thioether (sulfide) groups is 1. The Hall–Kier alpha value is -2.65. The van der Waals surface area contributed by atoms with Crippen molar-refractivity contribution in [1.82, 2.24) is 30.1 Å². The van der Waals surface area contributed by atoms with Crippen LogP contribution in [-0.4, -0.2) is 43.1 Å². The van der Waals surface area contributed by atoms with Crippen molar-refractivity contribution in [2.75, 3.05) is 18.4 Å². The molecule has 7 nitrogen and oxygen atoms in total. The third kappa shape index (κ3) is 3.41. The fourth-order valence-electron chi connectivity index (χ4n) is 3.80. The third-order valence-corrected chi connectivity index (χ3v) is 6.78. The molecular weight excluding hydrogens is 401 g/mol. The Morgan fingerprint density at radius 3 is 2.83 bits per heavy atom. The largest absolute Gasteiger partial charge is 0.320 e. The summed E-state index contributed by atoms with van der Waals surface area (Å²) in [5.74, 6) is 0.671. The Morgan fingerprint density at radius 1 is 1.23 bits per heavy atom. The van der Waals surface area contributed by atoms with Crippen LogP contribution < -0.4 is 10.6 Å². The third-order valence-electron chi connectivity index (χ3n) is 5.48. The predicted octanol–water partition coefficient (Wildman–Crippen LogP) is 4.46. The Balaban J connectivity index is 1.62. The minimum atomic E-state index is -0.392. The Labute approximate surface area is 177 Å². The highest BCUT2D eigenvalue weighted by atomic mass is 32.2. The maximum atomic E-state index is 15.7. The SMILES string of the molecule is CC(C)c1cnn2c(Nc3n[nH]c4ccccc34)c(F)c(SC3CCNCC3)nc12. The minimum absolute atomic E-state index is 0.233. The highest BCUT2D eigenvalue weighted by Crippen LogP contribution is 2.35. The van der Waals surface area contributed by atoms with Crippen LogP contribution >= 0.6 is 11.8 Å². The molecule has 0 saturated carbocycles. The zero-order chi connectivity index (χ0) is 20.7. The van der Waals surface area contributed by atoms with Crippen molar-refractivity contribution in [3.8, 4) is 0 Å². The van der Waals surface area contributed by atoms with Gasteiger partial charge in [-0.1, -0.05) is 37.7 Å². The van der Waals surface area contributed by atoms with Gasteiger partial charge >= 0.3 is 0 Å². The van der Waals surface area contributed by atoms with Crippen molar-refractivity contribution in [1.29, 1.82) is 0 Å². The second-order valence-electron chi connectivity index (χ2n) is 7.88. The maximum Gasteiger partial charge on any atom is 0.198 e. The Morgan fingerprint density at radius 2 is 2.03 bits per heavy atom. The van der Waals surface area contributed by atoms with Crippen molar-refractivity contribution in [3.05, 3.63) is 41.8 Å². The summed E-state index contributed by atoms with van der Waals surface area (Å²) < 4.78 is 17.3. The van der Waals surface area contributed by atoms with Gasteiger partial charge in [-0.05, 0) is 44.0 Å². The number of hydrogen-bond donors (Lipinski definition) is 3. The average molecular weight is 426 g/mol. The summed E-state index contributed by atoms with van der Waals surface area (Å²) in [5, 5.41) is 20.0. The van der Waals surface area contributed by atoms with Gasteiger partial charge in [0.25, 0.3) is 0 Å². The molecule has 156 valence electrons. The maximum absolute atomic E-state index is 15.7. The molecule has 0 aliphatic carbocycles. The zero-order valence-electron chi connectivity index (χ0n) is 16.9. The van der Waals surface area contributed by atoms with Crippen molar-refractivity contribution >= 4 is 39.9 Å². The molecule has 0 radical (unpaired) electrons. The molecule has 4 heterocycles. The number of aromatic nitrogens is 5. The van der Waals surface area contributed by atoms with Crippen LogP contribution in [0.5, 0.6) is 0 Å². The van der Waals surface area contributed by atoms with E-state index in [-0.39, 0.29) is 11.7 Å². The van der Waals surface area contributed by atoms with Crippen LogP contribution in [0.4, 0.5) is 16.0 Å². The van der Waals surface area contributed by atoms with E-state index in [1.54, 1.807) is 10.7 Å². The number of nitrogens with one attached hydrogen (secondary N) is 3. The van der Waals surface area contributed by atoms with Gasteiger partial charge in [0.2, 0.25) is 0 Å². The van der Waals surface area contributed by atoms with Gasteiger partial charge in [0.05, 0.1) is 11.7 Å². The number of H-pyrrole nitrogens is 1. The van der Waals surface area contributed by atoms with Gasteiger partial charge < -0.3 is 10.6 Å². The molecule has 3 N–H and O–H groups in total. The predicted molar refractivity (Wildman–Crippen MR) is 118 cm³/mol. The smallest absolute Gasteiger partial charge is 0.198 e. The first-order valence-electron chi connectivity index (χ1n) is 10.3. The fourth-order valence-corrected chi connectivity index (χ4v) is 4.93. The Kier molecular flexibility index (Phi) is 5.08. The van der Waals surface area contributed by atoms with Gasteiger partial charge in [0.15, 0.2) is 23.1 Å². The van der Waals surface area contributed by atoms with Gasteiger partial charge in [0, 0.05) is 16.2 Å². The second-order valence-corrected chi connectivity index (χ2v) is 9.17. The number of piperidine rings is 1. The molecule has 3 aromatic heterocycles. The van der Waals surface area contributed by atoms with E-state index in [0.717, 1.165) is 42.4 Å². The van der Waals surface area contributed by atoms with E-state index in [0.29, 0.717) is 21.7 Å². The molecule has 5 rings (SSSR count). The van der Waals surface area contributed by atoms with Crippen LogP contribution in [0.15, 0.2) is 35.5 Å². The number of fused-ring (bicyclic) bond motifs is 2. The molecular formula is C21H24FN7S. The molecule has 0 atom stereocenters. The van der Waals surface area contributed by atoms with Crippen LogP contribution in [0.1, 0.15) is 38.2 Å². The van der Waals surface area contributed by atoms with Crippen molar-refractivity contribution in [2.24, 2.45) is 0 Å². The first kappa shape index (κ1) is 19.3. The average Bonchev–Trinajstić information content (AvgIpc) is 3.36. The topological polar surface area (TPSA) is 82.9 Å². The van der Waals surface area contributed by atoms with Gasteiger partial charge in [-0.3, -0.25) is 5.10 Å². The molecule has 1 aliphatic rings. The lowest BCUT2D eigenvalue weighted by Crippen LogP contribution is -2.29. The van der Waals surface area contributed by atoms with Crippen molar-refractivity contribution in [2.45, 2.75) is 42.9 Å². The van der Waals surface area contributed by atoms with E-state index < -0.39 is 5.82 Å². The van der Waals surface area contributed by atoms with E-state index in [9.17, 15) is 0 Å². The monoisotopic (exact) mass is 425 g/mol. The molecule has 0 spiro atoms. The lowest BCUT2D eigenvalue weighted by molar-refractivity contribution is 0.528. The van der Waals surface area contributed by atoms with Crippen molar-refractivity contribution in [3.63, 3.8) is 0 Å². The summed E-state index contributed by atoms with van der Waals surface area (Å²) in [6, 6.07) is 7.76. The first-order valence-corrected chi connectivity index (χ1v) is 11.1. The second kappa shape index (κ2) is 7.88. The summed E-state index contributed by atoms with van der Waals surface area (Å²) in [6.07, 6.45) is 3.78. The van der Waals surface area contributed by atoms with Gasteiger partial charge in [-0.2, -0.15) is 19.1 Å². The number of para-hydroxylation sites is 1. The van der Waals surface area contributed by atoms with Crippen molar-refractivity contribution < 1.29 is 4.39 Å². The number of anilines is 2.